The molecule has 0 spiro atoms. The first-order chi connectivity index (χ1) is 13.8. The molecule has 2 heterocycles. The van der Waals surface area contributed by atoms with Gasteiger partial charge in [-0.1, -0.05) is 19.9 Å². The molecule has 1 N–H and O–H groups in total. The van der Waals surface area contributed by atoms with Crippen molar-refractivity contribution in [1.29, 1.82) is 5.26 Å². The van der Waals surface area contributed by atoms with Gasteiger partial charge >= 0.3 is 5.97 Å². The summed E-state index contributed by atoms with van der Waals surface area (Å²) < 4.78 is 7.19. The standard InChI is InChI=1S/C22H27N3O3S/c1-15(2)7-8-25-16(3)10-18(17(25)4)11-19(12-23)22(27)28-14-21(26)24-13-20-6-5-9-29-20/h5-6,9-11,15H,7-8,13-14H2,1-4H3,(H,24,26)/b19-11+. The third-order valence-electron chi connectivity index (χ3n) is 4.56. The smallest absolute Gasteiger partial charge is 0.349 e. The summed E-state index contributed by atoms with van der Waals surface area (Å²) in [5, 5.41) is 14.0. The molecular formula is C22H27N3O3S. The van der Waals surface area contributed by atoms with E-state index in [-0.39, 0.29) is 5.57 Å². The average molecular weight is 414 g/mol. The first-order valence-electron chi connectivity index (χ1n) is 9.56. The van der Waals surface area contributed by atoms with E-state index >= 15 is 0 Å². The molecule has 0 unspecified atom stereocenters. The van der Waals surface area contributed by atoms with Crippen LogP contribution >= 0.6 is 11.3 Å². The Morgan fingerprint density at radius 3 is 2.76 bits per heavy atom. The van der Waals surface area contributed by atoms with E-state index in [9.17, 15) is 14.9 Å². The number of ether oxygens (including phenoxy) is 1. The minimum absolute atomic E-state index is 0.125. The number of amides is 1. The molecule has 0 saturated carbocycles. The number of carbonyl (C=O) groups is 2. The monoisotopic (exact) mass is 413 g/mol. The van der Waals surface area contributed by atoms with Gasteiger partial charge in [0, 0.05) is 22.8 Å². The van der Waals surface area contributed by atoms with E-state index in [0.717, 1.165) is 34.8 Å². The number of esters is 1. The van der Waals surface area contributed by atoms with Crippen molar-refractivity contribution in [2.24, 2.45) is 5.92 Å². The topological polar surface area (TPSA) is 84.1 Å². The lowest BCUT2D eigenvalue weighted by Gasteiger charge is -2.11. The number of thiophene rings is 1. The fraction of sp³-hybridized carbons (Fsp3) is 0.409. The molecule has 0 saturated heterocycles. The molecule has 0 aliphatic carbocycles. The van der Waals surface area contributed by atoms with Crippen LogP contribution in [-0.2, 0) is 27.4 Å². The molecule has 6 nitrogen and oxygen atoms in total. The Kier molecular flexibility index (Phi) is 8.22. The normalized spacial score (nSPS) is 11.4. The van der Waals surface area contributed by atoms with E-state index < -0.39 is 18.5 Å². The summed E-state index contributed by atoms with van der Waals surface area (Å²) in [4.78, 5) is 25.1. The summed E-state index contributed by atoms with van der Waals surface area (Å²) in [6, 6.07) is 7.64. The Bertz CT molecular complexity index is 918. The van der Waals surface area contributed by atoms with Gasteiger partial charge in [0.1, 0.15) is 11.6 Å². The number of aryl methyl sites for hydroxylation is 1. The minimum atomic E-state index is -0.800. The molecule has 2 aromatic rings. The van der Waals surface area contributed by atoms with Crippen molar-refractivity contribution in [1.82, 2.24) is 9.88 Å². The van der Waals surface area contributed by atoms with Crippen LogP contribution in [0.25, 0.3) is 6.08 Å². The van der Waals surface area contributed by atoms with Gasteiger partial charge in [0.25, 0.3) is 5.91 Å². The number of nitriles is 1. The van der Waals surface area contributed by atoms with Crippen molar-refractivity contribution < 1.29 is 14.3 Å². The third kappa shape index (κ3) is 6.61. The Morgan fingerprint density at radius 1 is 1.38 bits per heavy atom. The highest BCUT2D eigenvalue weighted by molar-refractivity contribution is 7.09. The second-order valence-corrected chi connectivity index (χ2v) is 8.29. The maximum Gasteiger partial charge on any atom is 0.349 e. The molecule has 1 amide bonds. The molecule has 0 fully saturated rings. The number of aromatic nitrogens is 1. The third-order valence-corrected chi connectivity index (χ3v) is 5.43. The van der Waals surface area contributed by atoms with Crippen molar-refractivity contribution in [3.63, 3.8) is 0 Å². The van der Waals surface area contributed by atoms with E-state index in [2.05, 4.69) is 23.7 Å². The van der Waals surface area contributed by atoms with Crippen LogP contribution in [0.15, 0.2) is 29.2 Å². The van der Waals surface area contributed by atoms with E-state index in [1.807, 2.05) is 43.5 Å². The average Bonchev–Trinajstić information content (AvgIpc) is 3.29. The van der Waals surface area contributed by atoms with Gasteiger partial charge in [-0.05, 0) is 55.3 Å². The van der Waals surface area contributed by atoms with Crippen molar-refractivity contribution in [3.8, 4) is 6.07 Å². The van der Waals surface area contributed by atoms with E-state index in [0.29, 0.717) is 12.5 Å². The Balaban J connectivity index is 1.98. The van der Waals surface area contributed by atoms with Gasteiger partial charge in [-0.25, -0.2) is 4.79 Å². The fourth-order valence-electron chi connectivity index (χ4n) is 2.86. The Morgan fingerprint density at radius 2 is 2.14 bits per heavy atom. The van der Waals surface area contributed by atoms with Crippen molar-refractivity contribution in [2.75, 3.05) is 6.61 Å². The van der Waals surface area contributed by atoms with Crippen LogP contribution in [0.5, 0.6) is 0 Å². The van der Waals surface area contributed by atoms with Gasteiger partial charge in [-0.15, -0.1) is 11.3 Å². The van der Waals surface area contributed by atoms with Crippen LogP contribution in [0.2, 0.25) is 0 Å². The van der Waals surface area contributed by atoms with Crippen molar-refractivity contribution >= 4 is 29.3 Å². The molecule has 29 heavy (non-hydrogen) atoms. The zero-order chi connectivity index (χ0) is 21.4. The number of carbonyl (C=O) groups excluding carboxylic acids is 2. The summed E-state index contributed by atoms with van der Waals surface area (Å²) >= 11 is 1.53. The molecule has 7 heteroatoms. The highest BCUT2D eigenvalue weighted by Crippen LogP contribution is 2.20. The maximum absolute atomic E-state index is 12.2. The van der Waals surface area contributed by atoms with Gasteiger partial charge in [-0.3, -0.25) is 4.79 Å². The lowest BCUT2D eigenvalue weighted by atomic mass is 10.1. The van der Waals surface area contributed by atoms with Gasteiger partial charge in [0.05, 0.1) is 6.54 Å². The molecule has 0 bridgehead atoms. The zero-order valence-electron chi connectivity index (χ0n) is 17.3. The predicted octanol–water partition coefficient (Wildman–Crippen LogP) is 3.98. The number of hydrogen-bond donors (Lipinski definition) is 1. The number of hydrogen-bond acceptors (Lipinski definition) is 5. The van der Waals surface area contributed by atoms with Gasteiger partial charge in [0.15, 0.2) is 6.61 Å². The van der Waals surface area contributed by atoms with Crippen LogP contribution in [-0.4, -0.2) is 23.1 Å². The number of nitrogens with zero attached hydrogens (tertiary/aromatic N) is 2. The molecular weight excluding hydrogens is 386 g/mol. The lowest BCUT2D eigenvalue weighted by molar-refractivity contribution is -0.144. The van der Waals surface area contributed by atoms with E-state index in [1.54, 1.807) is 0 Å². The first-order valence-corrected chi connectivity index (χ1v) is 10.4. The van der Waals surface area contributed by atoms with Crippen LogP contribution in [0.1, 0.15) is 42.1 Å². The summed E-state index contributed by atoms with van der Waals surface area (Å²) in [6.45, 7) is 9.18. The van der Waals surface area contributed by atoms with E-state index in [4.69, 9.17) is 4.74 Å². The fourth-order valence-corrected chi connectivity index (χ4v) is 3.50. The Labute approximate surface area is 175 Å². The Hall–Kier alpha value is -2.85. The molecule has 0 aromatic carbocycles. The van der Waals surface area contributed by atoms with E-state index in [1.165, 1.54) is 17.4 Å². The first kappa shape index (κ1) is 22.4. The van der Waals surface area contributed by atoms with Crippen LogP contribution in [0.4, 0.5) is 0 Å². The van der Waals surface area contributed by atoms with Crippen LogP contribution in [0.3, 0.4) is 0 Å². The number of nitrogens with one attached hydrogen (secondary N) is 1. The second kappa shape index (κ2) is 10.6. The molecule has 0 radical (unpaired) electrons. The summed E-state index contributed by atoms with van der Waals surface area (Å²) in [5.74, 6) is -0.618. The molecule has 154 valence electrons. The maximum atomic E-state index is 12.2. The summed E-state index contributed by atoms with van der Waals surface area (Å²) in [6.07, 6.45) is 2.58. The SMILES string of the molecule is Cc1cc(/C=C(\C#N)C(=O)OCC(=O)NCc2cccs2)c(C)n1CCC(C)C. The molecule has 0 atom stereocenters. The quantitative estimate of drug-likeness (QED) is 0.383. The lowest BCUT2D eigenvalue weighted by Crippen LogP contribution is -2.28. The van der Waals surface area contributed by atoms with Crippen LogP contribution < -0.4 is 5.32 Å². The number of rotatable bonds is 9. The predicted molar refractivity (Wildman–Crippen MR) is 114 cm³/mol. The largest absolute Gasteiger partial charge is 0.451 e. The summed E-state index contributed by atoms with van der Waals surface area (Å²) in [7, 11) is 0. The summed E-state index contributed by atoms with van der Waals surface area (Å²) in [5.41, 5.74) is 2.76. The molecule has 2 aromatic heterocycles. The second-order valence-electron chi connectivity index (χ2n) is 7.26. The van der Waals surface area contributed by atoms with Crippen molar-refractivity contribution in [3.05, 3.63) is 51.0 Å². The van der Waals surface area contributed by atoms with Gasteiger partial charge in [0.2, 0.25) is 0 Å². The highest BCUT2D eigenvalue weighted by atomic mass is 32.1. The molecule has 2 rings (SSSR count). The molecule has 0 aliphatic rings. The van der Waals surface area contributed by atoms with Gasteiger partial charge < -0.3 is 14.6 Å². The van der Waals surface area contributed by atoms with Crippen molar-refractivity contribution in [2.45, 2.75) is 47.2 Å². The van der Waals surface area contributed by atoms with Crippen LogP contribution in [0, 0.1) is 31.1 Å². The van der Waals surface area contributed by atoms with Gasteiger partial charge in [-0.2, -0.15) is 5.26 Å². The highest BCUT2D eigenvalue weighted by Gasteiger charge is 2.15. The minimum Gasteiger partial charge on any atom is -0.451 e. The molecule has 0 aliphatic heterocycles. The zero-order valence-corrected chi connectivity index (χ0v) is 18.1.